The van der Waals surface area contributed by atoms with Gasteiger partial charge in [-0.15, -0.1) is 0 Å². The summed E-state index contributed by atoms with van der Waals surface area (Å²) in [6.45, 7) is 1.96. The molecule has 96 valence electrons. The van der Waals surface area contributed by atoms with Crippen molar-refractivity contribution in [2.75, 3.05) is 19.0 Å². The fourth-order valence-electron chi connectivity index (χ4n) is 1.50. The molecule has 1 aromatic heterocycles. The molecule has 1 N–H and O–H groups in total. The lowest BCUT2D eigenvalue weighted by Gasteiger charge is -2.12. The van der Waals surface area contributed by atoms with Gasteiger partial charge in [0.05, 0.1) is 10.7 Å². The average molecular weight is 272 g/mol. The molecule has 0 saturated carbocycles. The van der Waals surface area contributed by atoms with Gasteiger partial charge in [-0.1, -0.05) is 0 Å². The molecule has 0 bridgehead atoms. The van der Waals surface area contributed by atoms with E-state index in [4.69, 9.17) is 5.26 Å². The summed E-state index contributed by atoms with van der Waals surface area (Å²) >= 11 is 1.48. The van der Waals surface area contributed by atoms with Gasteiger partial charge in [0.1, 0.15) is 17.5 Å². The Morgan fingerprint density at radius 2 is 2.11 bits per heavy atom. The molecule has 0 atom stereocenters. The van der Waals surface area contributed by atoms with Crippen LogP contribution in [0.1, 0.15) is 11.3 Å². The second-order valence-corrected chi connectivity index (χ2v) is 5.11. The molecule has 1 heterocycles. The van der Waals surface area contributed by atoms with Crippen molar-refractivity contribution in [2.45, 2.75) is 6.92 Å². The minimum atomic E-state index is 0.517. The lowest BCUT2D eigenvalue weighted by molar-refractivity contribution is -0.366. The third-order valence-electron chi connectivity index (χ3n) is 2.52. The van der Waals surface area contributed by atoms with Crippen LogP contribution < -0.4 is 9.88 Å². The van der Waals surface area contributed by atoms with Crippen LogP contribution in [0.3, 0.4) is 0 Å². The highest BCUT2D eigenvalue weighted by Crippen LogP contribution is 2.26. The highest BCUT2D eigenvalue weighted by atomic mass is 32.1. The number of hydrogen-bond donors (Lipinski definition) is 0. The molecule has 5 nitrogen and oxygen atoms in total. The van der Waals surface area contributed by atoms with E-state index in [0.717, 1.165) is 16.5 Å². The van der Waals surface area contributed by atoms with Crippen molar-refractivity contribution in [3.63, 3.8) is 0 Å². The van der Waals surface area contributed by atoms with E-state index in [0.29, 0.717) is 11.3 Å². The van der Waals surface area contributed by atoms with E-state index < -0.39 is 0 Å². The quantitative estimate of drug-likeness (QED) is 0.805. The normalized spacial score (nSPS) is 10.6. The van der Waals surface area contributed by atoms with Crippen molar-refractivity contribution in [2.24, 2.45) is 10.2 Å². The summed E-state index contributed by atoms with van der Waals surface area (Å²) < 4.78 is 0. The Morgan fingerprint density at radius 3 is 2.68 bits per heavy atom. The zero-order chi connectivity index (χ0) is 13.8. The Bertz CT molecular complexity index is 651. The molecule has 0 aliphatic carbocycles. The fourth-order valence-corrected chi connectivity index (χ4v) is 2.15. The number of nitriles is 1. The SMILES string of the molecule is Cc1csc(N=Nc2ccc(N(C)C)cc2C#N)[nH+]1. The predicted molar refractivity (Wildman–Crippen MR) is 75.3 cm³/mol. The first-order valence-corrected chi connectivity index (χ1v) is 6.59. The zero-order valence-electron chi connectivity index (χ0n) is 11.0. The van der Waals surface area contributed by atoms with Gasteiger partial charge in [0.15, 0.2) is 0 Å². The summed E-state index contributed by atoms with van der Waals surface area (Å²) in [5.74, 6) is 0. The number of H-pyrrole nitrogens is 1. The fraction of sp³-hybridized carbons (Fsp3) is 0.231. The van der Waals surface area contributed by atoms with Crippen molar-refractivity contribution in [1.82, 2.24) is 0 Å². The Labute approximate surface area is 115 Å². The first-order chi connectivity index (χ1) is 9.10. The molecule has 0 fully saturated rings. The van der Waals surface area contributed by atoms with E-state index in [2.05, 4.69) is 21.3 Å². The number of aromatic amines is 1. The molecule has 2 aromatic rings. The van der Waals surface area contributed by atoms with Gasteiger partial charge >= 0.3 is 5.13 Å². The van der Waals surface area contributed by atoms with Gasteiger partial charge in [-0.05, 0) is 41.6 Å². The summed E-state index contributed by atoms with van der Waals surface area (Å²) in [5, 5.41) is 20.1. The molecule has 0 radical (unpaired) electrons. The first kappa shape index (κ1) is 13.2. The molecule has 1 aromatic carbocycles. The average Bonchev–Trinajstić information content (AvgIpc) is 2.81. The lowest BCUT2D eigenvalue weighted by atomic mass is 10.1. The van der Waals surface area contributed by atoms with Crippen molar-refractivity contribution in [3.05, 3.63) is 34.8 Å². The number of aryl methyl sites for hydroxylation is 1. The van der Waals surface area contributed by atoms with E-state index in [9.17, 15) is 0 Å². The largest absolute Gasteiger partial charge is 0.406 e. The molecule has 0 saturated heterocycles. The zero-order valence-corrected chi connectivity index (χ0v) is 11.8. The summed E-state index contributed by atoms with van der Waals surface area (Å²) in [6, 6.07) is 7.67. The Kier molecular flexibility index (Phi) is 3.88. The Balaban J connectivity index is 2.30. The summed E-state index contributed by atoms with van der Waals surface area (Å²) in [5.41, 5.74) is 3.10. The molecule has 0 aliphatic rings. The molecule has 0 amide bonds. The van der Waals surface area contributed by atoms with E-state index >= 15 is 0 Å². The molecular weight excluding hydrogens is 258 g/mol. The highest BCUT2D eigenvalue weighted by molar-refractivity contribution is 7.12. The van der Waals surface area contributed by atoms with Crippen molar-refractivity contribution in [1.29, 1.82) is 5.26 Å². The van der Waals surface area contributed by atoms with Gasteiger partial charge in [-0.3, -0.25) is 0 Å². The monoisotopic (exact) mass is 272 g/mol. The van der Waals surface area contributed by atoms with Gasteiger partial charge in [0, 0.05) is 25.2 Å². The molecule has 19 heavy (non-hydrogen) atoms. The van der Waals surface area contributed by atoms with Gasteiger partial charge < -0.3 is 4.90 Å². The molecule has 6 heteroatoms. The number of benzene rings is 1. The van der Waals surface area contributed by atoms with Crippen LogP contribution in [0.15, 0.2) is 33.8 Å². The van der Waals surface area contributed by atoms with Crippen LogP contribution in [0.2, 0.25) is 0 Å². The van der Waals surface area contributed by atoms with Crippen LogP contribution in [0, 0.1) is 18.3 Å². The molecule has 0 aliphatic heterocycles. The summed E-state index contributed by atoms with van der Waals surface area (Å²) in [4.78, 5) is 5.02. The molecule has 2 rings (SSSR count). The third kappa shape index (κ3) is 3.14. The predicted octanol–water partition coefficient (Wildman–Crippen LogP) is 3.22. The van der Waals surface area contributed by atoms with Crippen molar-refractivity contribution >= 4 is 27.8 Å². The summed E-state index contributed by atoms with van der Waals surface area (Å²) in [7, 11) is 3.86. The van der Waals surface area contributed by atoms with E-state index in [1.807, 2.05) is 37.4 Å². The maximum atomic E-state index is 9.15. The maximum Gasteiger partial charge on any atom is 0.406 e. The third-order valence-corrected chi connectivity index (χ3v) is 3.40. The van der Waals surface area contributed by atoms with E-state index in [1.165, 1.54) is 11.3 Å². The minimum absolute atomic E-state index is 0.517. The second-order valence-electron chi connectivity index (χ2n) is 4.26. The first-order valence-electron chi connectivity index (χ1n) is 5.71. The Morgan fingerprint density at radius 1 is 1.32 bits per heavy atom. The van der Waals surface area contributed by atoms with Crippen molar-refractivity contribution in [3.8, 4) is 6.07 Å². The Hall–Kier alpha value is -2.26. The standard InChI is InChI=1S/C13H13N5S/c1-9-8-19-13(15-9)17-16-12-5-4-11(18(2)3)6-10(12)7-14/h4-6,8H,1-3H3/p+1. The lowest BCUT2D eigenvalue weighted by Crippen LogP contribution is -2.08. The number of thiazole rings is 1. The number of rotatable bonds is 3. The van der Waals surface area contributed by atoms with Crippen LogP contribution in [-0.2, 0) is 0 Å². The smallest absolute Gasteiger partial charge is 0.378 e. The molecule has 0 spiro atoms. The number of anilines is 1. The summed E-state index contributed by atoms with van der Waals surface area (Å²) in [6.07, 6.45) is 0. The highest BCUT2D eigenvalue weighted by Gasteiger charge is 2.09. The van der Waals surface area contributed by atoms with E-state index in [1.54, 1.807) is 12.1 Å². The van der Waals surface area contributed by atoms with Crippen LogP contribution in [0.25, 0.3) is 0 Å². The van der Waals surface area contributed by atoms with E-state index in [-0.39, 0.29) is 0 Å². The van der Waals surface area contributed by atoms with Gasteiger partial charge in [-0.25, -0.2) is 4.98 Å². The van der Waals surface area contributed by atoms with Crippen LogP contribution in [0.4, 0.5) is 16.5 Å². The minimum Gasteiger partial charge on any atom is -0.378 e. The number of nitrogens with one attached hydrogen (secondary N) is 1. The van der Waals surface area contributed by atoms with Gasteiger partial charge in [0.2, 0.25) is 0 Å². The van der Waals surface area contributed by atoms with Gasteiger partial charge in [-0.2, -0.15) is 5.26 Å². The van der Waals surface area contributed by atoms with Crippen molar-refractivity contribution < 1.29 is 4.98 Å². The van der Waals surface area contributed by atoms with Crippen LogP contribution >= 0.6 is 11.3 Å². The number of hydrogen-bond acceptors (Lipinski definition) is 5. The van der Waals surface area contributed by atoms with Crippen LogP contribution in [-0.4, -0.2) is 14.1 Å². The molecule has 0 unspecified atom stereocenters. The molecular formula is C13H14N5S+. The number of aromatic nitrogens is 1. The van der Waals surface area contributed by atoms with Gasteiger partial charge in [0.25, 0.3) is 0 Å². The number of azo groups is 1. The number of nitrogens with zero attached hydrogens (tertiary/aromatic N) is 4. The van der Waals surface area contributed by atoms with Crippen LogP contribution in [0.5, 0.6) is 0 Å². The maximum absolute atomic E-state index is 9.15. The second kappa shape index (κ2) is 5.59. The topological polar surface area (TPSA) is 65.9 Å².